The maximum Gasteiger partial charge on any atom is 0.132 e. The van der Waals surface area contributed by atoms with Crippen molar-refractivity contribution in [3.63, 3.8) is 0 Å². The number of hydrogen-bond donors (Lipinski definition) is 0. The highest BCUT2D eigenvalue weighted by Gasteiger charge is 2.54. The number of hydrogen-bond acceptors (Lipinski definition) is 2. The average molecular weight is 1020 g/mol. The molecule has 11 aromatic carbocycles. The van der Waals surface area contributed by atoms with E-state index in [1.165, 1.54) is 111 Å². The predicted molar refractivity (Wildman–Crippen MR) is 327 cm³/mol. The monoisotopic (exact) mass is 1010 g/mol. The summed E-state index contributed by atoms with van der Waals surface area (Å²) in [5, 5.41) is 2.48. The fourth-order valence-corrected chi connectivity index (χ4v) is 14.6. The fourth-order valence-electron chi connectivity index (χ4n) is 14.6. The van der Waals surface area contributed by atoms with Crippen LogP contribution in [0, 0.1) is 0 Å². The van der Waals surface area contributed by atoms with Gasteiger partial charge in [0.05, 0.1) is 21.9 Å². The zero-order valence-corrected chi connectivity index (χ0v) is 45.4. The van der Waals surface area contributed by atoms with E-state index >= 15 is 0 Å². The van der Waals surface area contributed by atoms with E-state index in [1.807, 2.05) is 0 Å². The summed E-state index contributed by atoms with van der Waals surface area (Å²) in [6.07, 6.45) is 0. The van der Waals surface area contributed by atoms with Crippen LogP contribution in [-0.4, -0.2) is 4.57 Å². The largest absolute Gasteiger partial charge is 0.457 e. The van der Waals surface area contributed by atoms with Crippen molar-refractivity contribution < 1.29 is 4.74 Å². The molecule has 0 unspecified atom stereocenters. The summed E-state index contributed by atoms with van der Waals surface area (Å²) >= 11 is 0. The van der Waals surface area contributed by atoms with Gasteiger partial charge in [0.15, 0.2) is 0 Å². The van der Waals surface area contributed by atoms with Crippen LogP contribution >= 0.6 is 0 Å². The number of para-hydroxylation sites is 2. The molecule has 0 saturated heterocycles. The lowest BCUT2D eigenvalue weighted by atomic mass is 9.64. The summed E-state index contributed by atoms with van der Waals surface area (Å²) < 4.78 is 9.55. The molecule has 378 valence electrons. The van der Waals surface area contributed by atoms with E-state index < -0.39 is 10.8 Å². The van der Waals surface area contributed by atoms with Crippen molar-refractivity contribution >= 4 is 38.9 Å². The molecule has 3 nitrogen and oxygen atoms in total. The van der Waals surface area contributed by atoms with Gasteiger partial charge in [-0.15, -0.1) is 0 Å². The van der Waals surface area contributed by atoms with Gasteiger partial charge in [0.2, 0.25) is 0 Å². The fraction of sp³-hybridized carbons (Fsp3) is 0.132. The van der Waals surface area contributed by atoms with E-state index in [2.05, 4.69) is 294 Å². The van der Waals surface area contributed by atoms with Gasteiger partial charge in [-0.25, -0.2) is 0 Å². The zero-order chi connectivity index (χ0) is 53.2. The van der Waals surface area contributed by atoms with Gasteiger partial charge in [0.1, 0.15) is 11.5 Å². The number of anilines is 3. The smallest absolute Gasteiger partial charge is 0.132 e. The van der Waals surface area contributed by atoms with Crippen LogP contribution in [0.25, 0.3) is 60.9 Å². The summed E-state index contributed by atoms with van der Waals surface area (Å²) in [7, 11) is 0. The van der Waals surface area contributed by atoms with Crippen LogP contribution < -0.4 is 9.64 Å². The van der Waals surface area contributed by atoms with Crippen molar-refractivity contribution in [3.8, 4) is 50.6 Å². The van der Waals surface area contributed by atoms with Gasteiger partial charge >= 0.3 is 0 Å². The zero-order valence-electron chi connectivity index (χ0n) is 45.4. The van der Waals surface area contributed by atoms with Crippen molar-refractivity contribution in [2.45, 2.75) is 63.2 Å². The number of aromatic nitrogens is 1. The first-order valence-electron chi connectivity index (χ1n) is 28.0. The summed E-state index contributed by atoms with van der Waals surface area (Å²) in [6.45, 7) is 13.9. The highest BCUT2D eigenvalue weighted by atomic mass is 16.5. The summed E-state index contributed by atoms with van der Waals surface area (Å²) in [4.78, 5) is 2.54. The van der Waals surface area contributed by atoms with Crippen LogP contribution in [0.2, 0.25) is 0 Å². The van der Waals surface area contributed by atoms with Crippen LogP contribution in [0.1, 0.15) is 97.2 Å². The number of benzene rings is 11. The van der Waals surface area contributed by atoms with Crippen molar-refractivity contribution in [2.75, 3.05) is 4.90 Å². The first kappa shape index (κ1) is 46.0. The topological polar surface area (TPSA) is 17.4 Å². The van der Waals surface area contributed by atoms with Gasteiger partial charge < -0.3 is 14.2 Å². The molecule has 12 aromatic rings. The van der Waals surface area contributed by atoms with E-state index in [9.17, 15) is 0 Å². The number of nitrogens with zero attached hydrogens (tertiary/aromatic N) is 2. The van der Waals surface area contributed by atoms with Crippen LogP contribution in [-0.2, 0) is 21.7 Å². The Morgan fingerprint density at radius 1 is 0.316 bits per heavy atom. The molecule has 16 rings (SSSR count). The summed E-state index contributed by atoms with van der Waals surface area (Å²) in [5.41, 5.74) is 25.7. The second-order valence-electron chi connectivity index (χ2n) is 24.4. The van der Waals surface area contributed by atoms with Crippen LogP contribution in [0.5, 0.6) is 11.5 Å². The standard InChI is InChI=1S/C76H58N2O/c1-73(2,3)47-34-40-71-67(42-47)76(68-43-48(74(4,5)6)35-41-72(68)79-71)64-31-16-10-25-56(64)58-39-37-52(46-66(58)76)77(49-20-19-21-50(44-49)78-69-32-17-11-26-59(69)60-27-12-18-33-70(60)78)51-36-38-57-55-24-9-15-30-63(55)75(65(57)45-51)61-28-13-7-22-53(61)54-23-8-14-29-62(54)75/h7-46H,1-6H3. The maximum absolute atomic E-state index is 7.11. The lowest BCUT2D eigenvalue weighted by Gasteiger charge is -2.41. The molecule has 4 aliphatic rings. The van der Waals surface area contributed by atoms with Crippen molar-refractivity contribution in [3.05, 3.63) is 298 Å². The number of rotatable bonds is 4. The molecular formula is C76H58N2O. The van der Waals surface area contributed by atoms with E-state index in [0.29, 0.717) is 0 Å². The third-order valence-electron chi connectivity index (χ3n) is 18.2. The van der Waals surface area contributed by atoms with E-state index in [-0.39, 0.29) is 10.8 Å². The van der Waals surface area contributed by atoms with Gasteiger partial charge in [-0.2, -0.15) is 0 Å². The molecule has 0 radical (unpaired) electrons. The molecule has 1 aliphatic heterocycles. The molecule has 2 spiro atoms. The molecular weight excluding hydrogens is 957 g/mol. The van der Waals surface area contributed by atoms with Gasteiger partial charge in [0.25, 0.3) is 0 Å². The van der Waals surface area contributed by atoms with Crippen molar-refractivity contribution in [2.24, 2.45) is 0 Å². The van der Waals surface area contributed by atoms with Crippen LogP contribution in [0.15, 0.2) is 243 Å². The van der Waals surface area contributed by atoms with Gasteiger partial charge in [-0.3, -0.25) is 0 Å². The number of ether oxygens (including phenoxy) is 1. The molecule has 0 N–H and O–H groups in total. The minimum Gasteiger partial charge on any atom is -0.457 e. The van der Waals surface area contributed by atoms with Gasteiger partial charge in [-0.1, -0.05) is 205 Å². The van der Waals surface area contributed by atoms with Crippen molar-refractivity contribution in [1.29, 1.82) is 0 Å². The molecule has 3 aliphatic carbocycles. The molecule has 1 aromatic heterocycles. The maximum atomic E-state index is 7.11. The Hall–Kier alpha value is -9.18. The molecule has 2 heterocycles. The SMILES string of the molecule is CC(C)(C)c1ccc2c(c1)C1(c3cc(C(C)(C)C)ccc3O2)c2ccccc2-c2ccc(N(c3cccc(-n4c5ccccc5c5ccccc54)c3)c3ccc4c(c3)C3(c5ccccc5-c5ccccc53)c3ccccc3-4)cc21. The summed E-state index contributed by atoms with van der Waals surface area (Å²) in [6, 6.07) is 91.9. The lowest BCUT2D eigenvalue weighted by Crippen LogP contribution is -2.33. The van der Waals surface area contributed by atoms with E-state index in [4.69, 9.17) is 4.74 Å². The quantitative estimate of drug-likeness (QED) is 0.175. The lowest BCUT2D eigenvalue weighted by molar-refractivity contribution is 0.433. The molecule has 0 fully saturated rings. The van der Waals surface area contributed by atoms with Crippen LogP contribution in [0.4, 0.5) is 17.1 Å². The molecule has 0 amide bonds. The Balaban J connectivity index is 0.996. The first-order valence-corrected chi connectivity index (χ1v) is 28.0. The van der Waals surface area contributed by atoms with E-state index in [1.54, 1.807) is 0 Å². The third-order valence-corrected chi connectivity index (χ3v) is 18.2. The molecule has 0 atom stereocenters. The Morgan fingerprint density at radius 2 is 0.696 bits per heavy atom. The minimum absolute atomic E-state index is 0.102. The average Bonchev–Trinajstić information content (AvgIpc) is 2.37. The Kier molecular flexibility index (Phi) is 9.42. The summed E-state index contributed by atoms with van der Waals surface area (Å²) in [5.74, 6) is 1.79. The van der Waals surface area contributed by atoms with Crippen molar-refractivity contribution in [1.82, 2.24) is 4.57 Å². The first-order chi connectivity index (χ1) is 38.4. The number of fused-ring (bicyclic) bond motifs is 22. The second-order valence-corrected chi connectivity index (χ2v) is 24.4. The van der Waals surface area contributed by atoms with Crippen LogP contribution in [0.3, 0.4) is 0 Å². The molecule has 0 saturated carbocycles. The normalized spacial score (nSPS) is 14.5. The van der Waals surface area contributed by atoms with E-state index in [0.717, 1.165) is 34.2 Å². The third kappa shape index (κ3) is 6.19. The van der Waals surface area contributed by atoms with Gasteiger partial charge in [0, 0.05) is 44.6 Å². The minimum atomic E-state index is -0.704. The second kappa shape index (κ2) is 16.2. The Labute approximate surface area is 462 Å². The highest BCUT2D eigenvalue weighted by Crippen LogP contribution is 2.66. The molecule has 79 heavy (non-hydrogen) atoms. The highest BCUT2D eigenvalue weighted by molar-refractivity contribution is 6.09. The molecule has 3 heteroatoms. The Morgan fingerprint density at radius 3 is 1.14 bits per heavy atom. The predicted octanol–water partition coefficient (Wildman–Crippen LogP) is 19.7. The van der Waals surface area contributed by atoms with Gasteiger partial charge in [-0.05, 0) is 168 Å². The molecule has 0 bridgehead atoms. The Bertz CT molecular complexity index is 4390.